The fourth-order valence-electron chi connectivity index (χ4n) is 2.45. The van der Waals surface area contributed by atoms with E-state index in [9.17, 15) is 9.18 Å². The van der Waals surface area contributed by atoms with Crippen LogP contribution < -0.4 is 5.48 Å². The second-order valence-corrected chi connectivity index (χ2v) is 4.81. The lowest BCUT2D eigenvalue weighted by atomic mass is 9.82. The Morgan fingerprint density at radius 2 is 1.83 bits per heavy atom. The molecule has 1 fully saturated rings. The van der Waals surface area contributed by atoms with Gasteiger partial charge in [0.05, 0.1) is 0 Å². The number of hydrogen-bond donors (Lipinski definition) is 1. The monoisotopic (exact) mass is 251 g/mol. The molecule has 0 saturated heterocycles. The van der Waals surface area contributed by atoms with Crippen LogP contribution in [0.3, 0.4) is 0 Å². The molecule has 0 spiro atoms. The molecule has 1 aliphatic rings. The van der Waals surface area contributed by atoms with Crippen molar-refractivity contribution >= 4 is 5.97 Å². The van der Waals surface area contributed by atoms with Crippen molar-refractivity contribution in [1.82, 2.24) is 5.48 Å². The van der Waals surface area contributed by atoms with Gasteiger partial charge in [-0.1, -0.05) is 12.1 Å². The Morgan fingerprint density at radius 1 is 1.22 bits per heavy atom. The van der Waals surface area contributed by atoms with E-state index in [1.165, 1.54) is 24.6 Å². The third kappa shape index (κ3) is 3.53. The van der Waals surface area contributed by atoms with Crippen molar-refractivity contribution < 1.29 is 14.0 Å². The van der Waals surface area contributed by atoms with Gasteiger partial charge in [0, 0.05) is 13.0 Å². The first-order chi connectivity index (χ1) is 8.65. The maximum atomic E-state index is 12.8. The average molecular weight is 251 g/mol. The van der Waals surface area contributed by atoms with Gasteiger partial charge in [-0.2, -0.15) is 5.48 Å². The van der Waals surface area contributed by atoms with Crippen LogP contribution in [-0.2, 0) is 9.63 Å². The van der Waals surface area contributed by atoms with Crippen LogP contribution >= 0.6 is 0 Å². The van der Waals surface area contributed by atoms with Gasteiger partial charge in [0.1, 0.15) is 5.82 Å². The minimum absolute atomic E-state index is 0.191. The first kappa shape index (κ1) is 13.0. The molecule has 0 atom stereocenters. The third-order valence-corrected chi connectivity index (χ3v) is 3.44. The van der Waals surface area contributed by atoms with Crippen molar-refractivity contribution in [1.29, 1.82) is 0 Å². The van der Waals surface area contributed by atoms with E-state index in [-0.39, 0.29) is 17.8 Å². The molecule has 3 nitrogen and oxygen atoms in total. The van der Waals surface area contributed by atoms with Crippen molar-refractivity contribution in [2.45, 2.75) is 44.6 Å². The van der Waals surface area contributed by atoms with Gasteiger partial charge >= 0.3 is 5.97 Å². The number of carbonyl (C=O) groups is 1. The fraction of sp³-hybridized carbons (Fsp3) is 0.500. The summed E-state index contributed by atoms with van der Waals surface area (Å²) in [4.78, 5) is 15.5. The number of hydroxylamine groups is 1. The lowest BCUT2D eigenvalue weighted by Gasteiger charge is -2.28. The van der Waals surface area contributed by atoms with Gasteiger partial charge in [-0.3, -0.25) is 4.79 Å². The van der Waals surface area contributed by atoms with Gasteiger partial charge in [-0.15, -0.1) is 0 Å². The van der Waals surface area contributed by atoms with Crippen LogP contribution in [0.4, 0.5) is 4.39 Å². The predicted molar refractivity (Wildman–Crippen MR) is 66.3 cm³/mol. The van der Waals surface area contributed by atoms with Gasteiger partial charge < -0.3 is 4.84 Å². The van der Waals surface area contributed by atoms with Crippen LogP contribution in [0.15, 0.2) is 24.3 Å². The molecule has 0 amide bonds. The van der Waals surface area contributed by atoms with Gasteiger partial charge in [0.25, 0.3) is 0 Å². The number of carbonyl (C=O) groups excluding carboxylic acids is 1. The number of rotatable bonds is 3. The van der Waals surface area contributed by atoms with Gasteiger partial charge in [-0.05, 0) is 49.3 Å². The Bertz CT molecular complexity index is 397. The summed E-state index contributed by atoms with van der Waals surface area (Å²) >= 11 is 0. The molecular formula is C14H18FNO2. The summed E-state index contributed by atoms with van der Waals surface area (Å²) in [6.45, 7) is 1.39. The minimum Gasteiger partial charge on any atom is -0.371 e. The van der Waals surface area contributed by atoms with Crippen LogP contribution in [0.2, 0.25) is 0 Å². The SMILES string of the molecule is CC(=O)ONC1CCC(c2ccc(F)cc2)CC1. The lowest BCUT2D eigenvalue weighted by Crippen LogP contribution is -2.34. The third-order valence-electron chi connectivity index (χ3n) is 3.44. The van der Waals surface area contributed by atoms with E-state index < -0.39 is 0 Å². The van der Waals surface area contributed by atoms with E-state index in [0.29, 0.717) is 5.92 Å². The second-order valence-electron chi connectivity index (χ2n) is 4.81. The molecule has 1 aromatic rings. The average Bonchev–Trinajstić information content (AvgIpc) is 2.38. The number of benzene rings is 1. The zero-order chi connectivity index (χ0) is 13.0. The summed E-state index contributed by atoms with van der Waals surface area (Å²) in [5.74, 6) is -0.0133. The summed E-state index contributed by atoms with van der Waals surface area (Å²) in [6.07, 6.45) is 4.00. The maximum absolute atomic E-state index is 12.8. The molecular weight excluding hydrogens is 233 g/mol. The molecule has 0 heterocycles. The molecule has 0 unspecified atom stereocenters. The highest BCUT2D eigenvalue weighted by atomic mass is 19.1. The molecule has 0 bridgehead atoms. The fourth-order valence-corrected chi connectivity index (χ4v) is 2.45. The standard InChI is InChI=1S/C14H18FNO2/c1-10(17)18-16-14-8-4-12(5-9-14)11-2-6-13(15)7-3-11/h2-3,6-7,12,14,16H,4-5,8-9H2,1H3. The summed E-state index contributed by atoms with van der Waals surface area (Å²) in [6, 6.07) is 6.99. The summed E-state index contributed by atoms with van der Waals surface area (Å²) in [7, 11) is 0. The molecule has 18 heavy (non-hydrogen) atoms. The molecule has 0 aliphatic heterocycles. The largest absolute Gasteiger partial charge is 0.371 e. The highest BCUT2D eigenvalue weighted by Crippen LogP contribution is 2.32. The topological polar surface area (TPSA) is 38.3 Å². The zero-order valence-electron chi connectivity index (χ0n) is 10.5. The molecule has 1 N–H and O–H groups in total. The van der Waals surface area contributed by atoms with E-state index in [0.717, 1.165) is 25.7 Å². The van der Waals surface area contributed by atoms with Crippen LogP contribution in [-0.4, -0.2) is 12.0 Å². The molecule has 1 aromatic carbocycles. The first-order valence-corrected chi connectivity index (χ1v) is 6.33. The Hall–Kier alpha value is -1.42. The normalized spacial score (nSPS) is 23.7. The van der Waals surface area contributed by atoms with E-state index in [1.807, 2.05) is 12.1 Å². The van der Waals surface area contributed by atoms with Crippen LogP contribution in [0, 0.1) is 5.82 Å². The number of halogens is 1. The van der Waals surface area contributed by atoms with Crippen molar-refractivity contribution in [2.75, 3.05) is 0 Å². The number of hydrogen-bond acceptors (Lipinski definition) is 3. The first-order valence-electron chi connectivity index (χ1n) is 6.33. The van der Waals surface area contributed by atoms with E-state index in [4.69, 9.17) is 4.84 Å². The Kier molecular flexibility index (Phi) is 4.31. The van der Waals surface area contributed by atoms with Crippen molar-refractivity contribution in [3.8, 4) is 0 Å². The summed E-state index contributed by atoms with van der Waals surface area (Å²) in [5, 5.41) is 0. The molecule has 2 rings (SSSR count). The van der Waals surface area contributed by atoms with Crippen LogP contribution in [0.25, 0.3) is 0 Å². The molecule has 98 valence electrons. The van der Waals surface area contributed by atoms with Crippen LogP contribution in [0.1, 0.15) is 44.1 Å². The van der Waals surface area contributed by atoms with Crippen molar-refractivity contribution in [3.63, 3.8) is 0 Å². The molecule has 0 radical (unpaired) electrons. The van der Waals surface area contributed by atoms with E-state index in [1.54, 1.807) is 0 Å². The van der Waals surface area contributed by atoms with Gasteiger partial charge in [0.2, 0.25) is 0 Å². The highest BCUT2D eigenvalue weighted by Gasteiger charge is 2.22. The highest BCUT2D eigenvalue weighted by molar-refractivity contribution is 5.65. The van der Waals surface area contributed by atoms with Crippen molar-refractivity contribution in [2.24, 2.45) is 0 Å². The van der Waals surface area contributed by atoms with Crippen LogP contribution in [0.5, 0.6) is 0 Å². The Balaban J connectivity index is 1.83. The second kappa shape index (κ2) is 5.96. The van der Waals surface area contributed by atoms with E-state index in [2.05, 4.69) is 5.48 Å². The maximum Gasteiger partial charge on any atom is 0.321 e. The molecule has 1 saturated carbocycles. The summed E-state index contributed by atoms with van der Waals surface area (Å²) in [5.41, 5.74) is 3.99. The Labute approximate surface area is 106 Å². The van der Waals surface area contributed by atoms with Crippen molar-refractivity contribution in [3.05, 3.63) is 35.6 Å². The Morgan fingerprint density at radius 3 is 2.39 bits per heavy atom. The van der Waals surface area contributed by atoms with Gasteiger partial charge in [-0.25, -0.2) is 4.39 Å². The van der Waals surface area contributed by atoms with E-state index >= 15 is 0 Å². The number of nitrogens with one attached hydrogen (secondary N) is 1. The van der Waals surface area contributed by atoms with Gasteiger partial charge in [0.15, 0.2) is 0 Å². The predicted octanol–water partition coefficient (Wildman–Crippen LogP) is 2.92. The minimum atomic E-state index is -0.310. The quantitative estimate of drug-likeness (QED) is 0.839. The summed E-state index contributed by atoms with van der Waals surface area (Å²) < 4.78 is 12.8. The molecule has 1 aliphatic carbocycles. The lowest BCUT2D eigenvalue weighted by molar-refractivity contribution is -0.150. The zero-order valence-corrected chi connectivity index (χ0v) is 10.5. The smallest absolute Gasteiger partial charge is 0.321 e. The molecule has 4 heteroatoms. The molecule has 0 aromatic heterocycles.